The van der Waals surface area contributed by atoms with Crippen LogP contribution in [-0.2, 0) is 0 Å². The van der Waals surface area contributed by atoms with E-state index in [-0.39, 0.29) is 0 Å². The van der Waals surface area contributed by atoms with Crippen molar-refractivity contribution in [1.82, 2.24) is 0 Å². The lowest BCUT2D eigenvalue weighted by atomic mass is 9.96. The second kappa shape index (κ2) is 3.43. The average Bonchev–Trinajstić information content (AvgIpc) is 2.61. The molecule has 0 fully saturated rings. The Kier molecular flexibility index (Phi) is 2.24. The van der Waals surface area contributed by atoms with E-state index in [2.05, 4.69) is 19.2 Å². The molecule has 1 nitrogen and oxygen atoms in total. The fraction of sp³-hybridized carbons (Fsp3) is 0.143. The molecule has 15 heavy (non-hydrogen) atoms. The summed E-state index contributed by atoms with van der Waals surface area (Å²) in [6.45, 7) is 12.0. The number of allylic oxidation sites excluding steroid dienone is 2. The van der Waals surface area contributed by atoms with Gasteiger partial charge < -0.3 is 4.42 Å². The molecule has 1 heteroatoms. The maximum Gasteiger partial charge on any atom is 0.134 e. The molecule has 2 aromatic rings. The highest BCUT2D eigenvalue weighted by Crippen LogP contribution is 2.29. The Balaban J connectivity index is 2.79. The number of fused-ring (bicyclic) bond motifs is 1. The number of rotatable bonds is 2. The van der Waals surface area contributed by atoms with Gasteiger partial charge in [-0.3, -0.25) is 0 Å². The summed E-state index contributed by atoms with van der Waals surface area (Å²) in [4.78, 5) is 0. The molecule has 0 saturated heterocycles. The van der Waals surface area contributed by atoms with E-state index >= 15 is 0 Å². The van der Waals surface area contributed by atoms with E-state index in [4.69, 9.17) is 4.42 Å². The van der Waals surface area contributed by atoms with E-state index in [0.29, 0.717) is 0 Å². The van der Waals surface area contributed by atoms with Crippen LogP contribution in [-0.4, -0.2) is 0 Å². The Hall–Kier alpha value is -1.76. The van der Waals surface area contributed by atoms with Crippen LogP contribution in [0.2, 0.25) is 0 Å². The van der Waals surface area contributed by atoms with E-state index in [1.54, 1.807) is 6.26 Å². The standard InChI is InChI=1S/C14H14O/c1-9(2)12-7-11-5-6-15-14(11)8-13(12)10(3)4/h5-8H,1,3H2,2,4H3. The predicted molar refractivity (Wildman–Crippen MR) is 65.6 cm³/mol. The molecule has 0 aliphatic rings. The molecule has 1 aromatic heterocycles. The molecule has 0 radical (unpaired) electrons. The molecule has 1 aromatic carbocycles. The van der Waals surface area contributed by atoms with E-state index in [9.17, 15) is 0 Å². The molecule has 0 saturated carbocycles. The van der Waals surface area contributed by atoms with Gasteiger partial charge in [0.2, 0.25) is 0 Å². The van der Waals surface area contributed by atoms with Crippen LogP contribution in [0.1, 0.15) is 25.0 Å². The minimum absolute atomic E-state index is 0.901. The Morgan fingerprint density at radius 1 is 1.07 bits per heavy atom. The molecule has 0 aliphatic heterocycles. The first-order chi connectivity index (χ1) is 7.09. The Morgan fingerprint density at radius 3 is 2.27 bits per heavy atom. The molecule has 0 amide bonds. The van der Waals surface area contributed by atoms with E-state index in [0.717, 1.165) is 33.2 Å². The minimum atomic E-state index is 0.901. The molecular formula is C14H14O. The lowest BCUT2D eigenvalue weighted by Gasteiger charge is -2.08. The maximum absolute atomic E-state index is 5.37. The van der Waals surface area contributed by atoms with Crippen molar-refractivity contribution >= 4 is 22.1 Å². The maximum atomic E-state index is 5.37. The van der Waals surface area contributed by atoms with Gasteiger partial charge in [0.15, 0.2) is 0 Å². The predicted octanol–water partition coefficient (Wildman–Crippen LogP) is 4.50. The third-order valence-electron chi connectivity index (χ3n) is 2.51. The van der Waals surface area contributed by atoms with Gasteiger partial charge in [0.25, 0.3) is 0 Å². The first-order valence-electron chi connectivity index (χ1n) is 4.92. The SMILES string of the molecule is C=C(C)c1cc2ccoc2cc1C(=C)C. The van der Waals surface area contributed by atoms with Crippen molar-refractivity contribution < 1.29 is 4.42 Å². The molecule has 0 spiro atoms. The fourth-order valence-corrected chi connectivity index (χ4v) is 1.72. The second-order valence-electron chi connectivity index (χ2n) is 3.92. The molecule has 0 bridgehead atoms. The second-order valence-corrected chi connectivity index (χ2v) is 3.92. The highest BCUT2D eigenvalue weighted by Gasteiger charge is 2.07. The third kappa shape index (κ3) is 1.61. The highest BCUT2D eigenvalue weighted by atomic mass is 16.3. The van der Waals surface area contributed by atoms with Gasteiger partial charge in [-0.05, 0) is 43.2 Å². The molecule has 0 unspecified atom stereocenters. The molecule has 1 heterocycles. The first kappa shape index (κ1) is 9.78. The lowest BCUT2D eigenvalue weighted by Crippen LogP contribution is -1.87. The van der Waals surface area contributed by atoms with Crippen LogP contribution < -0.4 is 0 Å². The molecule has 0 N–H and O–H groups in total. The third-order valence-corrected chi connectivity index (χ3v) is 2.51. The van der Waals surface area contributed by atoms with Crippen LogP contribution in [0.15, 0.2) is 42.0 Å². The van der Waals surface area contributed by atoms with Crippen LogP contribution in [0.25, 0.3) is 22.1 Å². The quantitative estimate of drug-likeness (QED) is 0.692. The highest BCUT2D eigenvalue weighted by molar-refractivity contribution is 5.88. The van der Waals surface area contributed by atoms with Gasteiger partial charge in [-0.1, -0.05) is 24.3 Å². The van der Waals surface area contributed by atoms with Gasteiger partial charge >= 0.3 is 0 Å². The van der Waals surface area contributed by atoms with Crippen molar-refractivity contribution in [2.45, 2.75) is 13.8 Å². The van der Waals surface area contributed by atoms with Crippen molar-refractivity contribution in [2.24, 2.45) is 0 Å². The molecule has 0 aliphatic carbocycles. The molecule has 2 rings (SSSR count). The van der Waals surface area contributed by atoms with E-state index in [1.807, 2.05) is 26.0 Å². The molecular weight excluding hydrogens is 184 g/mol. The van der Waals surface area contributed by atoms with Gasteiger partial charge in [0.1, 0.15) is 5.58 Å². The zero-order valence-electron chi connectivity index (χ0n) is 9.13. The lowest BCUT2D eigenvalue weighted by molar-refractivity contribution is 0.616. The summed E-state index contributed by atoms with van der Waals surface area (Å²) in [5.74, 6) is 0. The average molecular weight is 198 g/mol. The van der Waals surface area contributed by atoms with Crippen LogP contribution in [0.4, 0.5) is 0 Å². The van der Waals surface area contributed by atoms with Crippen molar-refractivity contribution in [1.29, 1.82) is 0 Å². The fourth-order valence-electron chi connectivity index (χ4n) is 1.72. The van der Waals surface area contributed by atoms with E-state index < -0.39 is 0 Å². The summed E-state index contributed by atoms with van der Waals surface area (Å²) in [7, 11) is 0. The van der Waals surface area contributed by atoms with Crippen molar-refractivity contribution in [2.75, 3.05) is 0 Å². The van der Waals surface area contributed by atoms with Crippen LogP contribution in [0.3, 0.4) is 0 Å². The normalized spacial score (nSPS) is 10.5. The molecule has 76 valence electrons. The zero-order chi connectivity index (χ0) is 11.0. The number of furan rings is 1. The van der Waals surface area contributed by atoms with E-state index in [1.165, 1.54) is 0 Å². The smallest absolute Gasteiger partial charge is 0.134 e. The minimum Gasteiger partial charge on any atom is -0.464 e. The van der Waals surface area contributed by atoms with Crippen LogP contribution in [0.5, 0.6) is 0 Å². The largest absolute Gasteiger partial charge is 0.464 e. The molecule has 0 atom stereocenters. The van der Waals surface area contributed by atoms with Gasteiger partial charge in [0, 0.05) is 5.39 Å². The number of benzene rings is 1. The summed E-state index contributed by atoms with van der Waals surface area (Å²) in [5, 5.41) is 1.11. The summed E-state index contributed by atoms with van der Waals surface area (Å²) in [6, 6.07) is 6.09. The summed E-state index contributed by atoms with van der Waals surface area (Å²) >= 11 is 0. The first-order valence-corrected chi connectivity index (χ1v) is 4.92. The summed E-state index contributed by atoms with van der Waals surface area (Å²) in [5.41, 5.74) is 5.25. The van der Waals surface area contributed by atoms with Gasteiger partial charge in [-0.2, -0.15) is 0 Å². The van der Waals surface area contributed by atoms with Gasteiger partial charge in [0.05, 0.1) is 6.26 Å². The topological polar surface area (TPSA) is 13.1 Å². The van der Waals surface area contributed by atoms with Crippen molar-refractivity contribution in [3.05, 3.63) is 48.7 Å². The Morgan fingerprint density at radius 2 is 1.67 bits per heavy atom. The van der Waals surface area contributed by atoms with Gasteiger partial charge in [-0.25, -0.2) is 0 Å². The monoisotopic (exact) mass is 198 g/mol. The summed E-state index contributed by atoms with van der Waals surface area (Å²) in [6.07, 6.45) is 1.70. The van der Waals surface area contributed by atoms with Crippen molar-refractivity contribution in [3.63, 3.8) is 0 Å². The Labute approximate surface area is 89.7 Å². The van der Waals surface area contributed by atoms with Crippen molar-refractivity contribution in [3.8, 4) is 0 Å². The zero-order valence-corrected chi connectivity index (χ0v) is 9.13. The van der Waals surface area contributed by atoms with Crippen LogP contribution >= 0.6 is 0 Å². The number of hydrogen-bond acceptors (Lipinski definition) is 1. The van der Waals surface area contributed by atoms with Crippen LogP contribution in [0, 0.1) is 0 Å². The number of hydrogen-bond donors (Lipinski definition) is 0. The van der Waals surface area contributed by atoms with Gasteiger partial charge in [-0.15, -0.1) is 0 Å². The summed E-state index contributed by atoms with van der Waals surface area (Å²) < 4.78 is 5.37. The Bertz CT molecular complexity index is 495.